The average Bonchev–Trinajstić information content (AvgIpc) is 3.29. The molecule has 0 aliphatic carbocycles. The molecule has 3 heterocycles. The second-order valence-electron chi connectivity index (χ2n) is 6.62. The van der Waals surface area contributed by atoms with Crippen LogP contribution in [0.2, 0.25) is 0 Å². The number of amides is 2. The molecule has 7 nitrogen and oxygen atoms in total. The largest absolute Gasteiger partial charge is 0.324 e. The molecule has 2 aromatic heterocycles. The number of carbonyl (C=O) groups excluding carboxylic acids is 2. The Morgan fingerprint density at radius 2 is 1.96 bits per heavy atom. The molecule has 28 heavy (non-hydrogen) atoms. The second kappa shape index (κ2) is 7.22. The van der Waals surface area contributed by atoms with E-state index in [-0.39, 0.29) is 30.6 Å². The normalized spacial score (nSPS) is 16.4. The van der Waals surface area contributed by atoms with E-state index >= 15 is 0 Å². The molecule has 3 aromatic rings. The molecule has 1 N–H and O–H groups in total. The van der Waals surface area contributed by atoms with Crippen molar-refractivity contribution in [3.63, 3.8) is 0 Å². The van der Waals surface area contributed by atoms with Gasteiger partial charge in [0.2, 0.25) is 11.8 Å². The number of benzene rings is 1. The Bertz CT molecular complexity index is 1010. The van der Waals surface area contributed by atoms with E-state index in [1.165, 1.54) is 29.2 Å². The van der Waals surface area contributed by atoms with Crippen molar-refractivity contribution in [1.29, 1.82) is 0 Å². The minimum atomic E-state index is -0.479. The number of anilines is 2. The summed E-state index contributed by atoms with van der Waals surface area (Å²) < 4.78 is 14.9. The zero-order valence-electron chi connectivity index (χ0n) is 15.2. The van der Waals surface area contributed by atoms with Gasteiger partial charge in [0.05, 0.1) is 17.8 Å². The summed E-state index contributed by atoms with van der Waals surface area (Å²) in [6.07, 6.45) is 5.19. The third-order valence-corrected chi connectivity index (χ3v) is 4.72. The molecular weight excluding hydrogens is 361 g/mol. The van der Waals surface area contributed by atoms with Crippen molar-refractivity contribution in [3.05, 3.63) is 66.6 Å². The number of nitrogens with one attached hydrogen (secondary N) is 1. The van der Waals surface area contributed by atoms with Crippen LogP contribution in [0.5, 0.6) is 0 Å². The molecule has 1 aromatic carbocycles. The van der Waals surface area contributed by atoms with Gasteiger partial charge in [0.1, 0.15) is 17.5 Å². The van der Waals surface area contributed by atoms with Crippen molar-refractivity contribution in [3.8, 4) is 5.82 Å². The lowest BCUT2D eigenvalue weighted by Crippen LogP contribution is -2.28. The predicted octanol–water partition coefficient (Wildman–Crippen LogP) is 2.71. The number of carbonyl (C=O) groups is 2. The zero-order valence-corrected chi connectivity index (χ0v) is 15.2. The first kappa shape index (κ1) is 17.8. The summed E-state index contributed by atoms with van der Waals surface area (Å²) in [6, 6.07) is 9.21. The fraction of sp³-hybridized carbons (Fsp3) is 0.200. The van der Waals surface area contributed by atoms with Gasteiger partial charge in [0.15, 0.2) is 0 Å². The molecule has 1 saturated heterocycles. The maximum Gasteiger partial charge on any atom is 0.229 e. The van der Waals surface area contributed by atoms with Gasteiger partial charge in [0.25, 0.3) is 0 Å². The molecule has 4 rings (SSSR count). The number of hydrogen-bond donors (Lipinski definition) is 1. The molecule has 1 aliphatic heterocycles. The monoisotopic (exact) mass is 379 g/mol. The molecule has 1 unspecified atom stereocenters. The first-order valence-corrected chi connectivity index (χ1v) is 8.84. The maximum atomic E-state index is 13.1. The minimum Gasteiger partial charge on any atom is -0.324 e. The lowest BCUT2D eigenvalue weighted by Gasteiger charge is -2.16. The highest BCUT2D eigenvalue weighted by Gasteiger charge is 2.35. The number of aromatic nitrogens is 3. The average molecular weight is 379 g/mol. The first-order chi connectivity index (χ1) is 13.5. The van der Waals surface area contributed by atoms with Gasteiger partial charge in [0, 0.05) is 31.0 Å². The Labute approximate surface area is 160 Å². The first-order valence-electron chi connectivity index (χ1n) is 8.84. The van der Waals surface area contributed by atoms with Crippen molar-refractivity contribution >= 4 is 23.2 Å². The zero-order chi connectivity index (χ0) is 19.7. The van der Waals surface area contributed by atoms with Crippen LogP contribution in [0.4, 0.5) is 15.8 Å². The van der Waals surface area contributed by atoms with E-state index in [9.17, 15) is 14.0 Å². The molecule has 0 radical (unpaired) electrons. The Morgan fingerprint density at radius 3 is 2.61 bits per heavy atom. The van der Waals surface area contributed by atoms with Gasteiger partial charge in [-0.1, -0.05) is 0 Å². The molecule has 0 bridgehead atoms. The smallest absolute Gasteiger partial charge is 0.229 e. The van der Waals surface area contributed by atoms with Crippen LogP contribution in [-0.4, -0.2) is 32.9 Å². The van der Waals surface area contributed by atoms with Crippen molar-refractivity contribution in [2.45, 2.75) is 13.3 Å². The van der Waals surface area contributed by atoms with E-state index in [4.69, 9.17) is 0 Å². The van der Waals surface area contributed by atoms with E-state index in [0.29, 0.717) is 17.2 Å². The summed E-state index contributed by atoms with van der Waals surface area (Å²) >= 11 is 0. The van der Waals surface area contributed by atoms with Gasteiger partial charge in [-0.15, -0.1) is 0 Å². The second-order valence-corrected chi connectivity index (χ2v) is 6.62. The number of aryl methyl sites for hydroxylation is 1. The molecule has 1 atom stereocenters. The van der Waals surface area contributed by atoms with Crippen LogP contribution in [0.25, 0.3) is 5.82 Å². The highest BCUT2D eigenvalue weighted by Crippen LogP contribution is 2.26. The maximum absolute atomic E-state index is 13.1. The lowest BCUT2D eigenvalue weighted by atomic mass is 10.1. The van der Waals surface area contributed by atoms with E-state index in [1.54, 1.807) is 24.5 Å². The Morgan fingerprint density at radius 1 is 1.18 bits per heavy atom. The summed E-state index contributed by atoms with van der Waals surface area (Å²) in [4.78, 5) is 34.8. The van der Waals surface area contributed by atoms with Crippen LogP contribution >= 0.6 is 0 Å². The number of rotatable bonds is 4. The molecule has 142 valence electrons. The molecule has 8 heteroatoms. The number of imidazole rings is 1. The van der Waals surface area contributed by atoms with Crippen molar-refractivity contribution < 1.29 is 14.0 Å². The summed E-state index contributed by atoms with van der Waals surface area (Å²) in [5, 5.41) is 2.81. The van der Waals surface area contributed by atoms with Crippen molar-refractivity contribution in [1.82, 2.24) is 14.5 Å². The standard InChI is InChI=1S/C20H18FN5O2/c1-13-22-8-9-25(13)18-7-4-16(11-23-18)24-20(28)14-10-19(27)26(12-14)17-5-2-15(21)3-6-17/h2-9,11,14H,10,12H2,1H3,(H,24,28). The van der Waals surface area contributed by atoms with E-state index in [0.717, 1.165) is 5.82 Å². The summed E-state index contributed by atoms with van der Waals surface area (Å²) in [7, 11) is 0. The molecule has 0 saturated carbocycles. The summed E-state index contributed by atoms with van der Waals surface area (Å²) in [5.41, 5.74) is 1.14. The number of nitrogens with zero attached hydrogens (tertiary/aromatic N) is 4. The topological polar surface area (TPSA) is 80.1 Å². The van der Waals surface area contributed by atoms with Gasteiger partial charge < -0.3 is 10.2 Å². The number of pyridine rings is 1. The lowest BCUT2D eigenvalue weighted by molar-refractivity contribution is -0.122. The quantitative estimate of drug-likeness (QED) is 0.756. The minimum absolute atomic E-state index is 0.114. The molecule has 1 aliphatic rings. The highest BCUT2D eigenvalue weighted by atomic mass is 19.1. The summed E-state index contributed by atoms with van der Waals surface area (Å²) in [6.45, 7) is 2.14. The van der Waals surface area contributed by atoms with Crippen molar-refractivity contribution in [2.24, 2.45) is 5.92 Å². The summed E-state index contributed by atoms with van der Waals surface area (Å²) in [5.74, 6) is 0.267. The molecule has 0 spiro atoms. The van der Waals surface area contributed by atoms with E-state index in [1.807, 2.05) is 17.7 Å². The van der Waals surface area contributed by atoms with Gasteiger partial charge in [-0.3, -0.25) is 14.2 Å². The molecule has 2 amide bonds. The van der Waals surface area contributed by atoms with Crippen LogP contribution in [0.15, 0.2) is 55.0 Å². The Kier molecular flexibility index (Phi) is 4.60. The number of hydrogen-bond acceptors (Lipinski definition) is 4. The van der Waals surface area contributed by atoms with E-state index < -0.39 is 5.92 Å². The third-order valence-electron chi connectivity index (χ3n) is 4.72. The molecular formula is C20H18FN5O2. The SMILES string of the molecule is Cc1nccn1-c1ccc(NC(=O)C2CC(=O)N(c3ccc(F)cc3)C2)cn1. The number of halogens is 1. The van der Waals surface area contributed by atoms with Gasteiger partial charge in [-0.2, -0.15) is 0 Å². The Hall–Kier alpha value is -3.55. The third kappa shape index (κ3) is 3.48. The Balaban J connectivity index is 1.42. The predicted molar refractivity (Wildman–Crippen MR) is 102 cm³/mol. The van der Waals surface area contributed by atoms with Gasteiger partial charge in [-0.25, -0.2) is 14.4 Å². The van der Waals surface area contributed by atoms with Crippen molar-refractivity contribution in [2.75, 3.05) is 16.8 Å². The van der Waals surface area contributed by atoms with E-state index in [2.05, 4.69) is 15.3 Å². The molecule has 1 fully saturated rings. The van der Waals surface area contributed by atoms with Crippen LogP contribution in [-0.2, 0) is 9.59 Å². The van der Waals surface area contributed by atoms with Crippen LogP contribution in [0, 0.1) is 18.7 Å². The van der Waals surface area contributed by atoms with Gasteiger partial charge in [-0.05, 0) is 43.3 Å². The fourth-order valence-corrected chi connectivity index (χ4v) is 3.22. The van der Waals surface area contributed by atoms with Crippen LogP contribution in [0.3, 0.4) is 0 Å². The van der Waals surface area contributed by atoms with Crippen LogP contribution < -0.4 is 10.2 Å². The fourth-order valence-electron chi connectivity index (χ4n) is 3.22. The van der Waals surface area contributed by atoms with Gasteiger partial charge >= 0.3 is 0 Å². The van der Waals surface area contributed by atoms with Crippen LogP contribution in [0.1, 0.15) is 12.2 Å². The highest BCUT2D eigenvalue weighted by molar-refractivity contribution is 6.03.